The van der Waals surface area contributed by atoms with Crippen LogP contribution in [0.3, 0.4) is 0 Å². The van der Waals surface area contributed by atoms with Crippen LogP contribution in [-0.2, 0) is 0 Å². The van der Waals surface area contributed by atoms with E-state index in [2.05, 4.69) is 14.8 Å². The van der Waals surface area contributed by atoms with Gasteiger partial charge in [-0.1, -0.05) is 0 Å². The van der Waals surface area contributed by atoms with Crippen molar-refractivity contribution in [3.8, 4) is 5.75 Å². The smallest absolute Gasteiger partial charge is 0.135 e. The number of aromatic nitrogens is 1. The lowest BCUT2D eigenvalue weighted by atomic mass is 10.3. The van der Waals surface area contributed by atoms with Gasteiger partial charge in [-0.2, -0.15) is 0 Å². The summed E-state index contributed by atoms with van der Waals surface area (Å²) < 4.78 is 0. The maximum absolute atomic E-state index is 9.24. The summed E-state index contributed by atoms with van der Waals surface area (Å²) >= 11 is 0. The minimum absolute atomic E-state index is 0.208. The normalized spacial score (nSPS) is 10.6. The minimum Gasteiger partial charge on any atom is -0.506 e. The largest absolute Gasteiger partial charge is 0.506 e. The Labute approximate surface area is 84.8 Å². The summed E-state index contributed by atoms with van der Waals surface area (Å²) in [6, 6.07) is 1.71. The van der Waals surface area contributed by atoms with E-state index in [0.717, 1.165) is 18.8 Å². The van der Waals surface area contributed by atoms with Crippen LogP contribution in [0.1, 0.15) is 0 Å². The summed E-state index contributed by atoms with van der Waals surface area (Å²) in [4.78, 5) is 8.11. The molecule has 1 rings (SSSR count). The van der Waals surface area contributed by atoms with E-state index in [9.17, 15) is 5.11 Å². The van der Waals surface area contributed by atoms with Gasteiger partial charge in [-0.05, 0) is 14.1 Å². The standard InChI is InChI=1S/C10H17N3O/c1-12(2)4-5-13(3)9-6-10(14)8-11-7-9/h6-8,14H,4-5H2,1-3H3. The van der Waals surface area contributed by atoms with Gasteiger partial charge in [0.1, 0.15) is 5.75 Å². The fourth-order valence-corrected chi connectivity index (χ4v) is 1.10. The molecule has 0 atom stereocenters. The van der Waals surface area contributed by atoms with E-state index >= 15 is 0 Å². The van der Waals surface area contributed by atoms with Crippen molar-refractivity contribution in [2.45, 2.75) is 0 Å². The minimum atomic E-state index is 0.208. The van der Waals surface area contributed by atoms with Crippen LogP contribution in [-0.4, -0.2) is 49.2 Å². The predicted molar refractivity (Wildman–Crippen MR) is 57.7 cm³/mol. The fourth-order valence-electron chi connectivity index (χ4n) is 1.10. The Kier molecular flexibility index (Phi) is 3.71. The topological polar surface area (TPSA) is 39.6 Å². The number of anilines is 1. The first kappa shape index (κ1) is 10.8. The van der Waals surface area contributed by atoms with Gasteiger partial charge in [0.25, 0.3) is 0 Å². The molecule has 0 aromatic carbocycles. The van der Waals surface area contributed by atoms with Gasteiger partial charge in [-0.15, -0.1) is 0 Å². The Balaban J connectivity index is 2.56. The molecule has 1 aromatic heterocycles. The number of hydrogen-bond acceptors (Lipinski definition) is 4. The molecule has 4 nitrogen and oxygen atoms in total. The molecule has 0 aliphatic carbocycles. The third kappa shape index (κ3) is 3.22. The van der Waals surface area contributed by atoms with Crippen molar-refractivity contribution in [3.63, 3.8) is 0 Å². The van der Waals surface area contributed by atoms with Crippen molar-refractivity contribution in [2.75, 3.05) is 39.1 Å². The van der Waals surface area contributed by atoms with E-state index in [-0.39, 0.29) is 5.75 Å². The second-order valence-electron chi connectivity index (χ2n) is 3.63. The SMILES string of the molecule is CN(C)CCN(C)c1cncc(O)c1. The molecule has 78 valence electrons. The first-order valence-corrected chi connectivity index (χ1v) is 4.59. The molecule has 0 fully saturated rings. The van der Waals surface area contributed by atoms with E-state index in [1.807, 2.05) is 21.1 Å². The summed E-state index contributed by atoms with van der Waals surface area (Å²) in [6.07, 6.45) is 3.18. The second kappa shape index (κ2) is 4.81. The molecule has 1 aromatic rings. The third-order valence-corrected chi connectivity index (χ3v) is 2.03. The van der Waals surface area contributed by atoms with Crippen LogP contribution in [0.15, 0.2) is 18.5 Å². The molecule has 1 N–H and O–H groups in total. The molecular formula is C10H17N3O. The number of aromatic hydroxyl groups is 1. The van der Waals surface area contributed by atoms with Crippen LogP contribution in [0.25, 0.3) is 0 Å². The quantitative estimate of drug-likeness (QED) is 0.771. The highest BCUT2D eigenvalue weighted by molar-refractivity contribution is 5.46. The van der Waals surface area contributed by atoms with Crippen LogP contribution in [0, 0.1) is 0 Å². The first-order chi connectivity index (χ1) is 6.59. The van der Waals surface area contributed by atoms with Crippen LogP contribution in [0.5, 0.6) is 5.75 Å². The number of hydrogen-bond donors (Lipinski definition) is 1. The van der Waals surface area contributed by atoms with Crippen LogP contribution in [0.4, 0.5) is 5.69 Å². The maximum atomic E-state index is 9.24. The lowest BCUT2D eigenvalue weighted by Gasteiger charge is -2.21. The van der Waals surface area contributed by atoms with Crippen LogP contribution >= 0.6 is 0 Å². The Bertz CT molecular complexity index is 288. The molecule has 4 heteroatoms. The molecule has 1 heterocycles. The van der Waals surface area contributed by atoms with E-state index in [1.54, 1.807) is 12.3 Å². The first-order valence-electron chi connectivity index (χ1n) is 4.59. The monoisotopic (exact) mass is 195 g/mol. The van der Waals surface area contributed by atoms with Gasteiger partial charge in [-0.25, -0.2) is 0 Å². The molecule has 0 radical (unpaired) electrons. The average Bonchev–Trinajstić information content (AvgIpc) is 2.14. The van der Waals surface area contributed by atoms with Gasteiger partial charge in [0.2, 0.25) is 0 Å². The number of likely N-dealkylation sites (N-methyl/N-ethyl adjacent to an activating group) is 2. The maximum Gasteiger partial charge on any atom is 0.135 e. The van der Waals surface area contributed by atoms with Gasteiger partial charge in [0, 0.05) is 26.2 Å². The molecule has 0 amide bonds. The third-order valence-electron chi connectivity index (χ3n) is 2.03. The van der Waals surface area contributed by atoms with Gasteiger partial charge in [-0.3, -0.25) is 4.98 Å². The highest BCUT2D eigenvalue weighted by Gasteiger charge is 2.02. The van der Waals surface area contributed by atoms with Crippen molar-refractivity contribution in [2.24, 2.45) is 0 Å². The van der Waals surface area contributed by atoms with Gasteiger partial charge in [0.15, 0.2) is 0 Å². The van der Waals surface area contributed by atoms with Crippen molar-refractivity contribution in [1.29, 1.82) is 0 Å². The Morgan fingerprint density at radius 2 is 1.93 bits per heavy atom. The Hall–Kier alpha value is -1.29. The number of pyridine rings is 1. The molecule has 0 spiro atoms. The Morgan fingerprint density at radius 3 is 2.50 bits per heavy atom. The molecule has 0 saturated heterocycles. The second-order valence-corrected chi connectivity index (χ2v) is 3.63. The molecule has 0 unspecified atom stereocenters. The molecule has 0 aliphatic heterocycles. The lowest BCUT2D eigenvalue weighted by Crippen LogP contribution is -2.28. The van der Waals surface area contributed by atoms with E-state index in [1.165, 1.54) is 6.20 Å². The average molecular weight is 195 g/mol. The van der Waals surface area contributed by atoms with E-state index in [4.69, 9.17) is 0 Å². The summed E-state index contributed by atoms with van der Waals surface area (Å²) in [5.74, 6) is 0.208. The highest BCUT2D eigenvalue weighted by Crippen LogP contribution is 2.16. The van der Waals surface area contributed by atoms with Crippen LogP contribution < -0.4 is 4.90 Å². The van der Waals surface area contributed by atoms with Crippen LogP contribution in [0.2, 0.25) is 0 Å². The summed E-state index contributed by atoms with van der Waals surface area (Å²) in [5, 5.41) is 9.24. The number of rotatable bonds is 4. The zero-order chi connectivity index (χ0) is 10.6. The van der Waals surface area contributed by atoms with Crippen molar-refractivity contribution in [3.05, 3.63) is 18.5 Å². The molecule has 14 heavy (non-hydrogen) atoms. The Morgan fingerprint density at radius 1 is 1.21 bits per heavy atom. The van der Waals surface area contributed by atoms with E-state index < -0.39 is 0 Å². The number of nitrogens with zero attached hydrogens (tertiary/aromatic N) is 3. The van der Waals surface area contributed by atoms with Crippen molar-refractivity contribution >= 4 is 5.69 Å². The van der Waals surface area contributed by atoms with E-state index in [0.29, 0.717) is 0 Å². The zero-order valence-electron chi connectivity index (χ0n) is 8.94. The van der Waals surface area contributed by atoms with Gasteiger partial charge < -0.3 is 14.9 Å². The fraction of sp³-hybridized carbons (Fsp3) is 0.500. The summed E-state index contributed by atoms with van der Waals surface area (Å²) in [5.41, 5.74) is 0.937. The summed E-state index contributed by atoms with van der Waals surface area (Å²) in [7, 11) is 6.06. The molecular weight excluding hydrogens is 178 g/mol. The molecule has 0 bridgehead atoms. The van der Waals surface area contributed by atoms with Crippen molar-refractivity contribution < 1.29 is 5.11 Å². The lowest BCUT2D eigenvalue weighted by molar-refractivity contribution is 0.416. The summed E-state index contributed by atoms with van der Waals surface area (Å²) in [6.45, 7) is 1.89. The van der Waals surface area contributed by atoms with Gasteiger partial charge >= 0.3 is 0 Å². The zero-order valence-corrected chi connectivity index (χ0v) is 8.94. The van der Waals surface area contributed by atoms with Crippen molar-refractivity contribution in [1.82, 2.24) is 9.88 Å². The molecule has 0 saturated carbocycles. The highest BCUT2D eigenvalue weighted by atomic mass is 16.3. The predicted octanol–water partition coefficient (Wildman–Crippen LogP) is 0.785. The molecule has 0 aliphatic rings. The van der Waals surface area contributed by atoms with Gasteiger partial charge in [0.05, 0.1) is 18.1 Å².